The van der Waals surface area contributed by atoms with Gasteiger partial charge in [0.1, 0.15) is 5.60 Å². The zero-order valence-corrected chi connectivity index (χ0v) is 14.0. The SMILES string of the molecule is Cc1nc(COC[C@@H]2CCOC23CN(c2ncccn2)C3)cs1. The van der Waals surface area contributed by atoms with Crippen LogP contribution in [-0.2, 0) is 16.1 Å². The largest absolute Gasteiger partial charge is 0.375 e. The lowest BCUT2D eigenvalue weighted by atomic mass is 9.81. The van der Waals surface area contributed by atoms with Crippen molar-refractivity contribution in [1.82, 2.24) is 15.0 Å². The van der Waals surface area contributed by atoms with E-state index in [1.165, 1.54) is 0 Å². The summed E-state index contributed by atoms with van der Waals surface area (Å²) in [5.74, 6) is 1.22. The van der Waals surface area contributed by atoms with E-state index in [1.807, 2.05) is 13.0 Å². The molecule has 4 rings (SSSR count). The number of aryl methyl sites for hydroxylation is 1. The van der Waals surface area contributed by atoms with Gasteiger partial charge in [0.25, 0.3) is 0 Å². The number of rotatable bonds is 5. The first-order chi connectivity index (χ1) is 11.3. The smallest absolute Gasteiger partial charge is 0.225 e. The van der Waals surface area contributed by atoms with Crippen LogP contribution >= 0.6 is 11.3 Å². The van der Waals surface area contributed by atoms with Crippen molar-refractivity contribution in [3.05, 3.63) is 34.5 Å². The fourth-order valence-corrected chi connectivity index (χ4v) is 3.94. The monoisotopic (exact) mass is 332 g/mol. The molecule has 6 nitrogen and oxygen atoms in total. The van der Waals surface area contributed by atoms with Gasteiger partial charge in [0, 0.05) is 30.3 Å². The third-order valence-electron chi connectivity index (χ3n) is 4.59. The van der Waals surface area contributed by atoms with Crippen LogP contribution in [-0.4, -0.2) is 46.9 Å². The maximum atomic E-state index is 6.06. The summed E-state index contributed by atoms with van der Waals surface area (Å²) >= 11 is 1.66. The van der Waals surface area contributed by atoms with E-state index >= 15 is 0 Å². The Balaban J connectivity index is 1.31. The van der Waals surface area contributed by atoms with Gasteiger partial charge < -0.3 is 14.4 Å². The van der Waals surface area contributed by atoms with Crippen molar-refractivity contribution in [1.29, 1.82) is 0 Å². The molecule has 0 aromatic carbocycles. The fraction of sp³-hybridized carbons (Fsp3) is 0.562. The molecule has 23 heavy (non-hydrogen) atoms. The average Bonchev–Trinajstić information content (AvgIpc) is 3.13. The second-order valence-corrected chi connectivity index (χ2v) is 7.24. The summed E-state index contributed by atoms with van der Waals surface area (Å²) in [6, 6.07) is 1.84. The highest BCUT2D eigenvalue weighted by Crippen LogP contribution is 2.41. The lowest BCUT2D eigenvalue weighted by Crippen LogP contribution is -2.66. The van der Waals surface area contributed by atoms with Gasteiger partial charge in [-0.25, -0.2) is 15.0 Å². The average molecular weight is 332 g/mol. The number of ether oxygens (including phenoxy) is 2. The van der Waals surface area contributed by atoms with E-state index < -0.39 is 0 Å². The van der Waals surface area contributed by atoms with E-state index in [0.29, 0.717) is 12.5 Å². The Morgan fingerprint density at radius 1 is 1.39 bits per heavy atom. The van der Waals surface area contributed by atoms with E-state index in [-0.39, 0.29) is 5.60 Å². The Kier molecular flexibility index (Phi) is 4.00. The molecular weight excluding hydrogens is 312 g/mol. The van der Waals surface area contributed by atoms with Gasteiger partial charge in [-0.15, -0.1) is 11.3 Å². The first kappa shape index (κ1) is 15.0. The molecular formula is C16H20N4O2S. The Bertz CT molecular complexity index is 657. The normalized spacial score (nSPS) is 22.5. The molecule has 2 aliphatic heterocycles. The van der Waals surface area contributed by atoms with Gasteiger partial charge in [0.05, 0.1) is 37.0 Å². The Morgan fingerprint density at radius 2 is 2.22 bits per heavy atom. The zero-order chi connectivity index (χ0) is 15.7. The predicted molar refractivity (Wildman–Crippen MR) is 87.5 cm³/mol. The molecule has 2 fully saturated rings. The van der Waals surface area contributed by atoms with Crippen LogP contribution in [0.25, 0.3) is 0 Å². The Hall–Kier alpha value is -1.57. The van der Waals surface area contributed by atoms with Gasteiger partial charge in [0.15, 0.2) is 0 Å². The molecule has 0 saturated carbocycles. The molecule has 0 aliphatic carbocycles. The van der Waals surface area contributed by atoms with Crippen LogP contribution in [0.15, 0.2) is 23.8 Å². The van der Waals surface area contributed by atoms with Crippen LogP contribution in [0.4, 0.5) is 5.95 Å². The molecule has 1 atom stereocenters. The summed E-state index contributed by atoms with van der Waals surface area (Å²) < 4.78 is 12.0. The van der Waals surface area contributed by atoms with Crippen LogP contribution in [0.1, 0.15) is 17.1 Å². The minimum Gasteiger partial charge on any atom is -0.375 e. The van der Waals surface area contributed by atoms with E-state index in [9.17, 15) is 0 Å². The predicted octanol–water partition coefficient (Wildman–Crippen LogP) is 2.05. The summed E-state index contributed by atoms with van der Waals surface area (Å²) in [6.45, 7) is 5.83. The topological polar surface area (TPSA) is 60.4 Å². The highest BCUT2D eigenvalue weighted by atomic mass is 32.1. The number of hydrogen-bond acceptors (Lipinski definition) is 7. The zero-order valence-electron chi connectivity index (χ0n) is 13.1. The molecule has 0 amide bonds. The molecule has 122 valence electrons. The Morgan fingerprint density at radius 3 is 2.96 bits per heavy atom. The first-order valence-corrected chi connectivity index (χ1v) is 8.78. The van der Waals surface area contributed by atoms with Crippen molar-refractivity contribution >= 4 is 17.3 Å². The van der Waals surface area contributed by atoms with E-state index in [4.69, 9.17) is 9.47 Å². The van der Waals surface area contributed by atoms with E-state index in [0.717, 1.165) is 49.4 Å². The maximum Gasteiger partial charge on any atom is 0.225 e. The molecule has 0 radical (unpaired) electrons. The van der Waals surface area contributed by atoms with E-state index in [2.05, 4.69) is 25.2 Å². The van der Waals surface area contributed by atoms with Crippen molar-refractivity contribution in [2.45, 2.75) is 25.6 Å². The van der Waals surface area contributed by atoms with Gasteiger partial charge in [-0.1, -0.05) is 0 Å². The molecule has 2 aromatic heterocycles. The van der Waals surface area contributed by atoms with Crippen molar-refractivity contribution in [3.8, 4) is 0 Å². The maximum absolute atomic E-state index is 6.06. The molecule has 7 heteroatoms. The molecule has 2 aromatic rings. The molecule has 0 bridgehead atoms. The molecule has 2 saturated heterocycles. The van der Waals surface area contributed by atoms with Crippen molar-refractivity contribution in [2.75, 3.05) is 31.2 Å². The number of nitrogens with zero attached hydrogens (tertiary/aromatic N) is 4. The second kappa shape index (κ2) is 6.14. The molecule has 1 spiro atoms. The summed E-state index contributed by atoms with van der Waals surface area (Å²) in [5, 5.41) is 3.15. The van der Waals surface area contributed by atoms with Crippen molar-refractivity contribution in [3.63, 3.8) is 0 Å². The molecule has 0 unspecified atom stereocenters. The standard InChI is InChI=1S/C16H20N4O2S/c1-12-19-14(9-23-12)8-21-7-13-3-6-22-16(13)10-20(11-16)15-17-4-2-5-18-15/h2,4-5,9,13H,3,6-8,10-11H2,1H3/t13-/m0/s1. The minimum atomic E-state index is -0.0861. The number of hydrogen-bond donors (Lipinski definition) is 0. The van der Waals surface area contributed by atoms with Crippen molar-refractivity contribution < 1.29 is 9.47 Å². The van der Waals surface area contributed by atoms with E-state index in [1.54, 1.807) is 23.7 Å². The van der Waals surface area contributed by atoms with Gasteiger partial charge in [-0.05, 0) is 19.4 Å². The lowest BCUT2D eigenvalue weighted by Gasteiger charge is -2.50. The second-order valence-electron chi connectivity index (χ2n) is 6.18. The highest BCUT2D eigenvalue weighted by Gasteiger charge is 2.53. The fourth-order valence-electron chi connectivity index (χ4n) is 3.35. The third-order valence-corrected chi connectivity index (χ3v) is 5.41. The first-order valence-electron chi connectivity index (χ1n) is 7.90. The summed E-state index contributed by atoms with van der Waals surface area (Å²) in [6.07, 6.45) is 4.61. The minimum absolute atomic E-state index is 0.0861. The summed E-state index contributed by atoms with van der Waals surface area (Å²) in [7, 11) is 0. The van der Waals surface area contributed by atoms with Gasteiger partial charge in [-0.3, -0.25) is 0 Å². The highest BCUT2D eigenvalue weighted by molar-refractivity contribution is 7.09. The summed E-state index contributed by atoms with van der Waals surface area (Å²) in [4.78, 5) is 15.2. The quantitative estimate of drug-likeness (QED) is 0.835. The van der Waals surface area contributed by atoms with Crippen LogP contribution in [0.2, 0.25) is 0 Å². The third kappa shape index (κ3) is 2.96. The lowest BCUT2D eigenvalue weighted by molar-refractivity contribution is -0.0659. The van der Waals surface area contributed by atoms with Gasteiger partial charge in [0.2, 0.25) is 5.95 Å². The van der Waals surface area contributed by atoms with Crippen LogP contribution < -0.4 is 4.90 Å². The number of aromatic nitrogens is 3. The number of thiazole rings is 1. The Labute approximate surface area is 139 Å². The number of anilines is 1. The van der Waals surface area contributed by atoms with Crippen LogP contribution in [0, 0.1) is 12.8 Å². The molecule has 0 N–H and O–H groups in total. The van der Waals surface area contributed by atoms with Gasteiger partial charge in [-0.2, -0.15) is 0 Å². The molecule has 4 heterocycles. The van der Waals surface area contributed by atoms with Crippen molar-refractivity contribution in [2.24, 2.45) is 5.92 Å². The molecule has 2 aliphatic rings. The van der Waals surface area contributed by atoms with Crippen LogP contribution in [0.5, 0.6) is 0 Å². The summed E-state index contributed by atoms with van der Waals surface area (Å²) in [5.41, 5.74) is 0.936. The van der Waals surface area contributed by atoms with Gasteiger partial charge >= 0.3 is 0 Å². The van der Waals surface area contributed by atoms with Crippen LogP contribution in [0.3, 0.4) is 0 Å².